The Kier molecular flexibility index (Phi) is 3.75. The fourth-order valence-electron chi connectivity index (χ4n) is 3.29. The lowest BCUT2D eigenvalue weighted by Gasteiger charge is -2.16. The number of hydrogen-bond donors (Lipinski definition) is 1. The molecule has 1 aromatic heterocycles. The molecule has 2 heterocycles. The smallest absolute Gasteiger partial charge is 0.0682 e. The summed E-state index contributed by atoms with van der Waals surface area (Å²) in [5, 5.41) is 9.08. The number of fused-ring (bicyclic) bond motifs is 1. The number of aryl methyl sites for hydroxylation is 1. The van der Waals surface area contributed by atoms with Gasteiger partial charge in [0.05, 0.1) is 18.3 Å². The van der Waals surface area contributed by atoms with Crippen molar-refractivity contribution in [3.05, 3.63) is 59.8 Å². The van der Waals surface area contributed by atoms with Crippen molar-refractivity contribution in [3.63, 3.8) is 0 Å². The zero-order chi connectivity index (χ0) is 15.6. The third-order valence-corrected chi connectivity index (χ3v) is 4.63. The zero-order valence-electron chi connectivity index (χ0n) is 13.3. The Hall–Kier alpha value is -2.33. The van der Waals surface area contributed by atoms with E-state index in [2.05, 4.69) is 52.9 Å². The molecular formula is C19H21N3O. The monoisotopic (exact) mass is 307 g/mol. The van der Waals surface area contributed by atoms with Gasteiger partial charge in [0.25, 0.3) is 0 Å². The summed E-state index contributed by atoms with van der Waals surface area (Å²) >= 11 is 0. The number of para-hydroxylation sites is 1. The Morgan fingerprint density at radius 2 is 2.17 bits per heavy atom. The predicted octanol–water partition coefficient (Wildman–Crippen LogP) is 3.69. The third kappa shape index (κ3) is 2.82. The molecule has 1 aliphatic rings. The molecule has 0 spiro atoms. The van der Waals surface area contributed by atoms with Crippen LogP contribution in [0.2, 0.25) is 0 Å². The first kappa shape index (κ1) is 14.3. The van der Waals surface area contributed by atoms with Crippen LogP contribution in [-0.4, -0.2) is 23.0 Å². The maximum Gasteiger partial charge on any atom is 0.0682 e. The first-order valence-corrected chi connectivity index (χ1v) is 8.12. The summed E-state index contributed by atoms with van der Waals surface area (Å²) in [6.45, 7) is 2.52. The molecule has 1 N–H and O–H groups in total. The summed E-state index contributed by atoms with van der Waals surface area (Å²) in [7, 11) is 1.98. The first-order valence-electron chi connectivity index (χ1n) is 8.12. The lowest BCUT2D eigenvalue weighted by molar-refractivity contribution is 0.194. The number of aromatic nitrogens is 2. The van der Waals surface area contributed by atoms with E-state index in [-0.39, 0.29) is 0 Å². The molecule has 0 radical (unpaired) electrons. The second-order valence-electron chi connectivity index (χ2n) is 6.16. The van der Waals surface area contributed by atoms with Crippen LogP contribution in [0.15, 0.2) is 48.7 Å². The van der Waals surface area contributed by atoms with Crippen LogP contribution in [0, 0.1) is 0 Å². The Bertz CT molecular complexity index is 818. The van der Waals surface area contributed by atoms with E-state index in [0.717, 1.165) is 26.2 Å². The molecule has 3 aromatic rings. The van der Waals surface area contributed by atoms with Crippen LogP contribution >= 0.6 is 0 Å². The van der Waals surface area contributed by atoms with E-state index in [4.69, 9.17) is 4.74 Å². The molecule has 1 unspecified atom stereocenters. The summed E-state index contributed by atoms with van der Waals surface area (Å²) in [5.41, 5.74) is 5.01. The highest BCUT2D eigenvalue weighted by atomic mass is 16.5. The van der Waals surface area contributed by atoms with Crippen molar-refractivity contribution < 1.29 is 4.74 Å². The second-order valence-corrected chi connectivity index (χ2v) is 6.16. The van der Waals surface area contributed by atoms with Crippen LogP contribution in [0.3, 0.4) is 0 Å². The zero-order valence-corrected chi connectivity index (χ0v) is 13.3. The number of hydrogen-bond acceptors (Lipinski definition) is 3. The van der Waals surface area contributed by atoms with E-state index in [9.17, 15) is 0 Å². The van der Waals surface area contributed by atoms with Crippen LogP contribution in [0.5, 0.6) is 0 Å². The highest BCUT2D eigenvalue weighted by molar-refractivity contribution is 5.79. The quantitative estimate of drug-likeness (QED) is 0.799. The minimum absolute atomic E-state index is 0.512. The molecule has 1 saturated heterocycles. The van der Waals surface area contributed by atoms with Crippen molar-refractivity contribution in [1.82, 2.24) is 9.78 Å². The van der Waals surface area contributed by atoms with Crippen molar-refractivity contribution in [1.29, 1.82) is 0 Å². The fourth-order valence-corrected chi connectivity index (χ4v) is 3.29. The van der Waals surface area contributed by atoms with Gasteiger partial charge in [-0.3, -0.25) is 4.68 Å². The van der Waals surface area contributed by atoms with Gasteiger partial charge in [0, 0.05) is 37.2 Å². The second kappa shape index (κ2) is 6.05. The van der Waals surface area contributed by atoms with Crippen LogP contribution < -0.4 is 5.32 Å². The van der Waals surface area contributed by atoms with Gasteiger partial charge in [0.15, 0.2) is 0 Å². The highest BCUT2D eigenvalue weighted by Crippen LogP contribution is 2.31. The lowest BCUT2D eigenvalue weighted by Crippen LogP contribution is -2.06. The number of nitrogens with one attached hydrogen (secondary N) is 1. The molecule has 1 atom stereocenters. The van der Waals surface area contributed by atoms with Gasteiger partial charge < -0.3 is 10.1 Å². The number of ether oxygens (including phenoxy) is 1. The van der Waals surface area contributed by atoms with Gasteiger partial charge in [-0.15, -0.1) is 0 Å². The molecule has 0 saturated carbocycles. The summed E-state index contributed by atoms with van der Waals surface area (Å²) in [6, 6.07) is 15.1. The molecular weight excluding hydrogens is 286 g/mol. The van der Waals surface area contributed by atoms with Gasteiger partial charge in [0.2, 0.25) is 0 Å². The largest absolute Gasteiger partial charge is 0.381 e. The van der Waals surface area contributed by atoms with Crippen molar-refractivity contribution in [2.24, 2.45) is 7.05 Å². The van der Waals surface area contributed by atoms with Crippen molar-refractivity contribution >= 4 is 16.6 Å². The molecule has 1 fully saturated rings. The number of nitrogens with zero attached hydrogens (tertiary/aromatic N) is 2. The minimum Gasteiger partial charge on any atom is -0.381 e. The van der Waals surface area contributed by atoms with E-state index in [1.165, 1.54) is 27.7 Å². The van der Waals surface area contributed by atoms with Crippen molar-refractivity contribution in [2.75, 3.05) is 18.5 Å². The first-order chi connectivity index (χ1) is 11.3. The number of benzene rings is 2. The lowest BCUT2D eigenvalue weighted by atomic mass is 9.96. The Labute approximate surface area is 136 Å². The summed E-state index contributed by atoms with van der Waals surface area (Å²) in [5.74, 6) is 0.512. The Balaban J connectivity index is 1.55. The van der Waals surface area contributed by atoms with E-state index >= 15 is 0 Å². The molecule has 118 valence electrons. The topological polar surface area (TPSA) is 39.1 Å². The molecule has 1 aliphatic heterocycles. The number of anilines is 1. The fraction of sp³-hybridized carbons (Fsp3) is 0.316. The summed E-state index contributed by atoms with van der Waals surface area (Å²) in [6.07, 6.45) is 3.02. The minimum atomic E-state index is 0.512. The normalized spacial score (nSPS) is 17.7. The maximum atomic E-state index is 5.54. The Morgan fingerprint density at radius 3 is 3.04 bits per heavy atom. The molecule has 23 heavy (non-hydrogen) atoms. The van der Waals surface area contributed by atoms with E-state index < -0.39 is 0 Å². The molecule has 0 bridgehead atoms. The molecule has 4 rings (SSSR count). The van der Waals surface area contributed by atoms with Gasteiger partial charge in [-0.25, -0.2) is 0 Å². The van der Waals surface area contributed by atoms with Gasteiger partial charge in [-0.05, 0) is 29.7 Å². The van der Waals surface area contributed by atoms with Crippen LogP contribution in [-0.2, 0) is 18.3 Å². The van der Waals surface area contributed by atoms with Gasteiger partial charge in [-0.1, -0.05) is 30.3 Å². The average molecular weight is 307 g/mol. The SMILES string of the molecule is Cn1ncc2ccc(CNc3ccccc3C3CCOC3)cc21. The standard InChI is InChI=1S/C19H21N3O/c1-22-19-10-14(6-7-15(19)12-21-22)11-20-18-5-3-2-4-17(18)16-8-9-23-13-16/h2-7,10,12,16,20H,8-9,11,13H2,1H3. The molecule has 2 aromatic carbocycles. The highest BCUT2D eigenvalue weighted by Gasteiger charge is 2.20. The van der Waals surface area contributed by atoms with Gasteiger partial charge in [0.1, 0.15) is 0 Å². The molecule has 0 aliphatic carbocycles. The van der Waals surface area contributed by atoms with Gasteiger partial charge in [-0.2, -0.15) is 5.10 Å². The molecule has 0 amide bonds. The van der Waals surface area contributed by atoms with Crippen molar-refractivity contribution in [3.8, 4) is 0 Å². The average Bonchev–Trinajstić information content (AvgIpc) is 3.24. The predicted molar refractivity (Wildman–Crippen MR) is 92.7 cm³/mol. The summed E-state index contributed by atoms with van der Waals surface area (Å²) in [4.78, 5) is 0. The maximum absolute atomic E-state index is 5.54. The Morgan fingerprint density at radius 1 is 1.26 bits per heavy atom. The number of rotatable bonds is 4. The summed E-state index contributed by atoms with van der Waals surface area (Å²) < 4.78 is 7.46. The molecule has 4 heteroatoms. The van der Waals surface area contributed by atoms with Crippen LogP contribution in [0.4, 0.5) is 5.69 Å². The molecule has 4 nitrogen and oxygen atoms in total. The van der Waals surface area contributed by atoms with Crippen LogP contribution in [0.1, 0.15) is 23.5 Å². The van der Waals surface area contributed by atoms with E-state index in [0.29, 0.717) is 5.92 Å². The van der Waals surface area contributed by atoms with Crippen LogP contribution in [0.25, 0.3) is 10.9 Å². The van der Waals surface area contributed by atoms with E-state index in [1.54, 1.807) is 0 Å². The third-order valence-electron chi connectivity index (χ3n) is 4.63. The van der Waals surface area contributed by atoms with E-state index in [1.807, 2.05) is 17.9 Å². The van der Waals surface area contributed by atoms with Crippen molar-refractivity contribution in [2.45, 2.75) is 18.9 Å². The van der Waals surface area contributed by atoms with Gasteiger partial charge >= 0.3 is 0 Å².